The first kappa shape index (κ1) is 16.4. The minimum absolute atomic E-state index is 0.562. The fraction of sp³-hybridized carbons (Fsp3) is 0.524. The molecule has 4 nitrogen and oxygen atoms in total. The molecule has 0 amide bonds. The molecule has 2 aliphatic rings. The van der Waals surface area contributed by atoms with Crippen LogP contribution in [-0.2, 0) is 0 Å². The summed E-state index contributed by atoms with van der Waals surface area (Å²) in [5, 5.41) is 3.66. The second-order valence-electron chi connectivity index (χ2n) is 7.62. The predicted octanol–water partition coefficient (Wildman–Crippen LogP) is 4.73. The van der Waals surface area contributed by atoms with E-state index in [1.807, 2.05) is 6.07 Å². The van der Waals surface area contributed by atoms with Crippen LogP contribution in [0.3, 0.4) is 0 Å². The molecule has 0 spiro atoms. The number of hydrogen-bond acceptors (Lipinski definition) is 4. The van der Waals surface area contributed by atoms with Crippen molar-refractivity contribution in [3.8, 4) is 11.4 Å². The lowest BCUT2D eigenvalue weighted by atomic mass is 10.0. The summed E-state index contributed by atoms with van der Waals surface area (Å²) in [6.45, 7) is 4.52. The summed E-state index contributed by atoms with van der Waals surface area (Å²) < 4.78 is 0. The number of rotatable bonds is 4. The van der Waals surface area contributed by atoms with Gasteiger partial charge in [0.1, 0.15) is 11.6 Å². The Morgan fingerprint density at radius 3 is 2.56 bits per heavy atom. The van der Waals surface area contributed by atoms with Crippen molar-refractivity contribution in [2.75, 3.05) is 23.3 Å². The van der Waals surface area contributed by atoms with Crippen molar-refractivity contribution in [1.29, 1.82) is 0 Å². The fourth-order valence-electron chi connectivity index (χ4n) is 4.06. The number of anilines is 2. The van der Waals surface area contributed by atoms with Gasteiger partial charge in [0, 0.05) is 30.8 Å². The number of hydrogen-bond donors (Lipinski definition) is 1. The Kier molecular flexibility index (Phi) is 4.86. The highest BCUT2D eigenvalue weighted by Crippen LogP contribution is 2.28. The number of aromatic nitrogens is 2. The third-order valence-corrected chi connectivity index (χ3v) is 5.43. The smallest absolute Gasteiger partial charge is 0.163 e. The van der Waals surface area contributed by atoms with Gasteiger partial charge in [0.2, 0.25) is 0 Å². The monoisotopic (exact) mass is 336 g/mol. The van der Waals surface area contributed by atoms with Crippen LogP contribution in [0.4, 0.5) is 11.6 Å². The first-order valence-corrected chi connectivity index (χ1v) is 9.74. The van der Waals surface area contributed by atoms with Gasteiger partial charge in [0.15, 0.2) is 5.82 Å². The molecule has 2 fully saturated rings. The first-order valence-electron chi connectivity index (χ1n) is 9.74. The molecule has 0 bridgehead atoms. The third kappa shape index (κ3) is 3.94. The minimum Gasteiger partial charge on any atom is -0.367 e. The largest absolute Gasteiger partial charge is 0.367 e. The Morgan fingerprint density at radius 1 is 1.00 bits per heavy atom. The van der Waals surface area contributed by atoms with E-state index in [9.17, 15) is 0 Å². The van der Waals surface area contributed by atoms with Crippen molar-refractivity contribution >= 4 is 11.6 Å². The molecule has 1 aromatic carbocycles. The molecule has 1 saturated heterocycles. The van der Waals surface area contributed by atoms with Crippen LogP contribution in [0.25, 0.3) is 11.4 Å². The van der Waals surface area contributed by atoms with E-state index < -0.39 is 0 Å². The lowest BCUT2D eigenvalue weighted by molar-refractivity contribution is 0.444. The molecule has 1 atom stereocenters. The molecule has 4 heteroatoms. The van der Waals surface area contributed by atoms with Crippen molar-refractivity contribution in [3.05, 3.63) is 36.4 Å². The number of nitrogens with one attached hydrogen (secondary N) is 1. The maximum Gasteiger partial charge on any atom is 0.163 e. The molecule has 132 valence electrons. The van der Waals surface area contributed by atoms with Crippen LogP contribution in [0.1, 0.15) is 45.4 Å². The van der Waals surface area contributed by atoms with Crippen LogP contribution in [0.15, 0.2) is 36.4 Å². The van der Waals surface area contributed by atoms with Crippen LogP contribution in [0.5, 0.6) is 0 Å². The molecule has 4 rings (SSSR count). The first-order chi connectivity index (χ1) is 12.3. The molecular formula is C21H28N4. The van der Waals surface area contributed by atoms with E-state index >= 15 is 0 Å². The molecule has 2 aromatic rings. The van der Waals surface area contributed by atoms with E-state index in [1.54, 1.807) is 0 Å². The molecule has 1 saturated carbocycles. The molecule has 25 heavy (non-hydrogen) atoms. The summed E-state index contributed by atoms with van der Waals surface area (Å²) in [6.07, 6.45) is 7.72. The van der Waals surface area contributed by atoms with Crippen molar-refractivity contribution < 1.29 is 0 Å². The van der Waals surface area contributed by atoms with Gasteiger partial charge in [-0.05, 0) is 31.6 Å². The van der Waals surface area contributed by atoms with Crippen LogP contribution in [-0.4, -0.2) is 29.1 Å². The van der Waals surface area contributed by atoms with E-state index in [0.29, 0.717) is 6.04 Å². The van der Waals surface area contributed by atoms with Crippen molar-refractivity contribution in [3.63, 3.8) is 0 Å². The van der Waals surface area contributed by atoms with Crippen molar-refractivity contribution in [2.45, 2.75) is 51.5 Å². The van der Waals surface area contributed by atoms with Gasteiger partial charge in [-0.15, -0.1) is 0 Å². The molecule has 1 aliphatic carbocycles. The average Bonchev–Trinajstić information content (AvgIpc) is 3.15. The molecule has 1 aliphatic heterocycles. The van der Waals surface area contributed by atoms with E-state index in [2.05, 4.69) is 47.5 Å². The van der Waals surface area contributed by atoms with Crippen LogP contribution >= 0.6 is 0 Å². The quantitative estimate of drug-likeness (QED) is 0.876. The van der Waals surface area contributed by atoms with E-state index in [0.717, 1.165) is 42.0 Å². The summed E-state index contributed by atoms with van der Waals surface area (Å²) in [4.78, 5) is 12.2. The zero-order valence-electron chi connectivity index (χ0n) is 15.1. The number of nitrogens with zero attached hydrogens (tertiary/aromatic N) is 3. The maximum absolute atomic E-state index is 4.91. The van der Waals surface area contributed by atoms with Crippen LogP contribution in [0, 0.1) is 5.92 Å². The van der Waals surface area contributed by atoms with Crippen molar-refractivity contribution in [2.24, 2.45) is 5.92 Å². The molecule has 1 unspecified atom stereocenters. The summed E-state index contributed by atoms with van der Waals surface area (Å²) in [7, 11) is 0. The van der Waals surface area contributed by atoms with Crippen LogP contribution in [0.2, 0.25) is 0 Å². The highest BCUT2D eigenvalue weighted by Gasteiger charge is 2.21. The van der Waals surface area contributed by atoms with Gasteiger partial charge >= 0.3 is 0 Å². The van der Waals surface area contributed by atoms with Gasteiger partial charge in [0.25, 0.3) is 0 Å². The minimum atomic E-state index is 0.562. The SMILES string of the molecule is CC1CCCN(c2cc(NC3CCCC3)nc(-c3ccccc3)n2)C1. The summed E-state index contributed by atoms with van der Waals surface area (Å²) in [5.41, 5.74) is 1.09. The summed E-state index contributed by atoms with van der Waals surface area (Å²) >= 11 is 0. The van der Waals surface area contributed by atoms with E-state index in [4.69, 9.17) is 9.97 Å². The average molecular weight is 336 g/mol. The normalized spacial score (nSPS) is 21.5. The van der Waals surface area contributed by atoms with Gasteiger partial charge in [-0.3, -0.25) is 0 Å². The van der Waals surface area contributed by atoms with Gasteiger partial charge in [-0.2, -0.15) is 0 Å². The van der Waals surface area contributed by atoms with Gasteiger partial charge in [-0.25, -0.2) is 9.97 Å². The molecule has 0 radical (unpaired) electrons. The highest BCUT2D eigenvalue weighted by molar-refractivity contribution is 5.62. The molecule has 2 heterocycles. The second kappa shape index (κ2) is 7.42. The molecule has 1 N–H and O–H groups in total. The maximum atomic E-state index is 4.91. The zero-order valence-corrected chi connectivity index (χ0v) is 15.1. The highest BCUT2D eigenvalue weighted by atomic mass is 15.2. The zero-order chi connectivity index (χ0) is 17.1. The van der Waals surface area contributed by atoms with Crippen LogP contribution < -0.4 is 10.2 Å². The number of piperidine rings is 1. The number of benzene rings is 1. The summed E-state index contributed by atoms with van der Waals surface area (Å²) in [5.74, 6) is 3.61. The lowest BCUT2D eigenvalue weighted by Gasteiger charge is -2.32. The lowest BCUT2D eigenvalue weighted by Crippen LogP contribution is -2.35. The topological polar surface area (TPSA) is 41.0 Å². The second-order valence-corrected chi connectivity index (χ2v) is 7.62. The van der Waals surface area contributed by atoms with Gasteiger partial charge in [0.05, 0.1) is 0 Å². The third-order valence-electron chi connectivity index (χ3n) is 5.43. The van der Waals surface area contributed by atoms with Crippen molar-refractivity contribution in [1.82, 2.24) is 9.97 Å². The summed E-state index contributed by atoms with van der Waals surface area (Å²) in [6, 6.07) is 13.1. The standard InChI is InChI=1S/C21H28N4/c1-16-8-7-13-25(15-16)20-14-19(22-18-11-5-6-12-18)23-21(24-20)17-9-3-2-4-10-17/h2-4,9-10,14,16,18H,5-8,11-13,15H2,1H3,(H,22,23,24). The van der Waals surface area contributed by atoms with Gasteiger partial charge in [-0.1, -0.05) is 50.1 Å². The Bertz CT molecular complexity index is 694. The Labute approximate surface area is 150 Å². The molecular weight excluding hydrogens is 308 g/mol. The Balaban J connectivity index is 1.66. The predicted molar refractivity (Wildman–Crippen MR) is 104 cm³/mol. The fourth-order valence-corrected chi connectivity index (χ4v) is 4.06. The molecule has 1 aromatic heterocycles. The van der Waals surface area contributed by atoms with E-state index in [-0.39, 0.29) is 0 Å². The van der Waals surface area contributed by atoms with Gasteiger partial charge < -0.3 is 10.2 Å². The Morgan fingerprint density at radius 2 is 1.80 bits per heavy atom. The van der Waals surface area contributed by atoms with E-state index in [1.165, 1.54) is 38.5 Å². The Hall–Kier alpha value is -2.10.